The van der Waals surface area contributed by atoms with Crippen LogP contribution in [0, 0.1) is 6.92 Å². The first kappa shape index (κ1) is 13.8. The lowest BCUT2D eigenvalue weighted by atomic mass is 9.88. The Morgan fingerprint density at radius 2 is 2.30 bits per heavy atom. The highest BCUT2D eigenvalue weighted by Gasteiger charge is 2.31. The summed E-state index contributed by atoms with van der Waals surface area (Å²) in [5.41, 5.74) is 3.03. The number of rotatable bonds is 3. The Balaban J connectivity index is 1.75. The fourth-order valence-electron chi connectivity index (χ4n) is 3.18. The zero-order valence-electron chi connectivity index (χ0n) is 13.0. The smallest absolute Gasteiger partial charge is 0.226 e. The number of carbonyl (C=O) groups is 1. The Bertz CT molecular complexity index is 859. The molecule has 118 valence electrons. The third-order valence-electron chi connectivity index (χ3n) is 4.20. The van der Waals surface area contributed by atoms with E-state index in [-0.39, 0.29) is 11.8 Å². The van der Waals surface area contributed by atoms with E-state index in [9.17, 15) is 4.79 Å². The van der Waals surface area contributed by atoms with Gasteiger partial charge in [-0.1, -0.05) is 0 Å². The number of amides is 1. The van der Waals surface area contributed by atoms with Crippen molar-refractivity contribution in [3.05, 3.63) is 53.4 Å². The van der Waals surface area contributed by atoms with Crippen molar-refractivity contribution in [1.82, 2.24) is 19.6 Å². The van der Waals surface area contributed by atoms with Gasteiger partial charge in [0.15, 0.2) is 0 Å². The number of nitrogens with zero attached hydrogens (tertiary/aromatic N) is 4. The van der Waals surface area contributed by atoms with Crippen LogP contribution in [0.2, 0.25) is 0 Å². The second-order valence-corrected chi connectivity index (χ2v) is 5.83. The van der Waals surface area contributed by atoms with E-state index in [2.05, 4.69) is 15.5 Å². The molecular weight excluding hydrogens is 294 g/mol. The Morgan fingerprint density at radius 3 is 3.00 bits per heavy atom. The van der Waals surface area contributed by atoms with Crippen LogP contribution < -0.4 is 5.32 Å². The molecule has 0 unspecified atom stereocenters. The third kappa shape index (κ3) is 2.34. The number of hydrogen-bond acceptors (Lipinski definition) is 4. The van der Waals surface area contributed by atoms with Crippen molar-refractivity contribution in [2.75, 3.05) is 5.32 Å². The Morgan fingerprint density at radius 1 is 1.43 bits per heavy atom. The molecule has 4 heterocycles. The van der Waals surface area contributed by atoms with Crippen molar-refractivity contribution < 1.29 is 9.21 Å². The van der Waals surface area contributed by atoms with E-state index in [4.69, 9.17) is 4.42 Å². The standard InChI is InChI=1S/C16H17N5O2/c1-10-14(9-20(2)19-10)12-6-15(22)18-16-13(12)7-17-21(16)8-11-4-3-5-23-11/h3-5,7,9,12H,6,8H2,1-2H3,(H,18,22)/t12-/m0/s1. The van der Waals surface area contributed by atoms with Gasteiger partial charge in [0.1, 0.15) is 18.1 Å². The fourth-order valence-corrected chi connectivity index (χ4v) is 3.18. The number of carbonyl (C=O) groups excluding carboxylic acids is 1. The van der Waals surface area contributed by atoms with Gasteiger partial charge in [-0.3, -0.25) is 9.48 Å². The molecule has 0 saturated heterocycles. The SMILES string of the molecule is Cc1nn(C)cc1[C@H]1CC(=O)Nc2c1cnn2Cc1ccco1. The molecular formula is C16H17N5O2. The molecule has 1 N–H and O–H groups in total. The average Bonchev–Trinajstić information content (AvgIpc) is 3.21. The summed E-state index contributed by atoms with van der Waals surface area (Å²) < 4.78 is 8.92. The normalized spacial score (nSPS) is 17.1. The molecule has 1 amide bonds. The van der Waals surface area contributed by atoms with Crippen molar-refractivity contribution in [2.24, 2.45) is 7.05 Å². The molecule has 0 saturated carbocycles. The number of aryl methyl sites for hydroxylation is 2. The lowest BCUT2D eigenvalue weighted by Gasteiger charge is -2.23. The van der Waals surface area contributed by atoms with Crippen LogP contribution in [-0.2, 0) is 18.4 Å². The monoisotopic (exact) mass is 311 g/mol. The summed E-state index contributed by atoms with van der Waals surface area (Å²) in [6.45, 7) is 2.45. The molecule has 1 aliphatic rings. The minimum absolute atomic E-state index is 0.00746. The lowest BCUT2D eigenvalue weighted by molar-refractivity contribution is -0.116. The molecule has 0 bridgehead atoms. The average molecular weight is 311 g/mol. The Labute approximate surface area is 132 Å². The first-order chi connectivity index (χ1) is 11.1. The zero-order chi connectivity index (χ0) is 16.0. The van der Waals surface area contributed by atoms with Gasteiger partial charge in [-0.05, 0) is 19.1 Å². The van der Waals surface area contributed by atoms with Gasteiger partial charge in [-0.2, -0.15) is 10.2 Å². The van der Waals surface area contributed by atoms with E-state index in [0.29, 0.717) is 13.0 Å². The fraction of sp³-hybridized carbons (Fsp3) is 0.312. The minimum atomic E-state index is -0.0159. The molecule has 7 nitrogen and oxygen atoms in total. The summed E-state index contributed by atoms with van der Waals surface area (Å²) in [4.78, 5) is 12.2. The van der Waals surface area contributed by atoms with Gasteiger partial charge in [0.25, 0.3) is 0 Å². The molecule has 0 aliphatic carbocycles. The van der Waals surface area contributed by atoms with E-state index >= 15 is 0 Å². The van der Waals surface area contributed by atoms with E-state index in [1.807, 2.05) is 38.5 Å². The minimum Gasteiger partial charge on any atom is -0.467 e. The maximum Gasteiger partial charge on any atom is 0.226 e. The van der Waals surface area contributed by atoms with Gasteiger partial charge in [0, 0.05) is 36.7 Å². The molecule has 3 aromatic rings. The first-order valence-electron chi connectivity index (χ1n) is 7.50. The number of nitrogens with one attached hydrogen (secondary N) is 1. The molecule has 0 spiro atoms. The van der Waals surface area contributed by atoms with Gasteiger partial charge < -0.3 is 9.73 Å². The predicted molar refractivity (Wildman–Crippen MR) is 83.1 cm³/mol. The number of fused-ring (bicyclic) bond motifs is 1. The number of anilines is 1. The van der Waals surface area contributed by atoms with Crippen LogP contribution in [0.25, 0.3) is 0 Å². The van der Waals surface area contributed by atoms with Gasteiger partial charge in [0.05, 0.1) is 18.2 Å². The summed E-state index contributed by atoms with van der Waals surface area (Å²) in [6.07, 6.45) is 5.85. The maximum absolute atomic E-state index is 12.2. The van der Waals surface area contributed by atoms with Crippen molar-refractivity contribution in [2.45, 2.75) is 25.8 Å². The van der Waals surface area contributed by atoms with Gasteiger partial charge in [-0.25, -0.2) is 4.68 Å². The molecule has 0 aromatic carbocycles. The van der Waals surface area contributed by atoms with Crippen LogP contribution in [0.3, 0.4) is 0 Å². The van der Waals surface area contributed by atoms with E-state index in [1.165, 1.54) is 0 Å². The van der Waals surface area contributed by atoms with Crippen LogP contribution in [0.4, 0.5) is 5.82 Å². The lowest BCUT2D eigenvalue weighted by Crippen LogP contribution is -2.25. The maximum atomic E-state index is 12.2. The molecule has 1 aliphatic heterocycles. The van der Waals surface area contributed by atoms with E-state index < -0.39 is 0 Å². The molecule has 3 aromatic heterocycles. The topological polar surface area (TPSA) is 77.9 Å². The van der Waals surface area contributed by atoms with Crippen LogP contribution >= 0.6 is 0 Å². The molecule has 1 atom stereocenters. The van der Waals surface area contributed by atoms with Gasteiger partial charge in [-0.15, -0.1) is 0 Å². The van der Waals surface area contributed by atoms with Crippen molar-refractivity contribution in [1.29, 1.82) is 0 Å². The van der Waals surface area contributed by atoms with Gasteiger partial charge in [0.2, 0.25) is 5.91 Å². The molecule has 4 rings (SSSR count). The van der Waals surface area contributed by atoms with Crippen LogP contribution in [-0.4, -0.2) is 25.5 Å². The predicted octanol–water partition coefficient (Wildman–Crippen LogP) is 2.04. The summed E-state index contributed by atoms with van der Waals surface area (Å²) in [6, 6.07) is 3.73. The quantitative estimate of drug-likeness (QED) is 0.803. The molecule has 7 heteroatoms. The third-order valence-corrected chi connectivity index (χ3v) is 4.20. The number of aromatic nitrogens is 4. The highest BCUT2D eigenvalue weighted by atomic mass is 16.3. The number of hydrogen-bond donors (Lipinski definition) is 1. The van der Waals surface area contributed by atoms with Crippen LogP contribution in [0.5, 0.6) is 0 Å². The second-order valence-electron chi connectivity index (χ2n) is 5.83. The van der Waals surface area contributed by atoms with E-state index in [1.54, 1.807) is 15.6 Å². The summed E-state index contributed by atoms with van der Waals surface area (Å²) >= 11 is 0. The summed E-state index contributed by atoms with van der Waals surface area (Å²) in [5.74, 6) is 1.51. The van der Waals surface area contributed by atoms with Gasteiger partial charge >= 0.3 is 0 Å². The first-order valence-corrected chi connectivity index (χ1v) is 7.50. The summed E-state index contributed by atoms with van der Waals surface area (Å²) in [5, 5.41) is 11.8. The Hall–Kier alpha value is -2.83. The molecule has 0 fully saturated rings. The van der Waals surface area contributed by atoms with Crippen molar-refractivity contribution in [3.8, 4) is 0 Å². The zero-order valence-corrected chi connectivity index (χ0v) is 13.0. The molecule has 0 radical (unpaired) electrons. The highest BCUT2D eigenvalue weighted by Crippen LogP contribution is 2.38. The molecule has 23 heavy (non-hydrogen) atoms. The van der Waals surface area contributed by atoms with Crippen molar-refractivity contribution in [3.63, 3.8) is 0 Å². The van der Waals surface area contributed by atoms with Crippen molar-refractivity contribution >= 4 is 11.7 Å². The summed E-state index contributed by atoms with van der Waals surface area (Å²) in [7, 11) is 1.89. The van der Waals surface area contributed by atoms with E-state index in [0.717, 1.165) is 28.4 Å². The van der Waals surface area contributed by atoms with Crippen LogP contribution in [0.1, 0.15) is 34.9 Å². The second kappa shape index (κ2) is 5.12. The Kier molecular flexibility index (Phi) is 3.07. The number of furan rings is 1. The largest absolute Gasteiger partial charge is 0.467 e. The highest BCUT2D eigenvalue weighted by molar-refractivity contribution is 5.94. The van der Waals surface area contributed by atoms with Crippen LogP contribution in [0.15, 0.2) is 35.2 Å².